The van der Waals surface area contributed by atoms with E-state index in [4.69, 9.17) is 9.47 Å². The maximum absolute atomic E-state index is 13.1. The van der Waals surface area contributed by atoms with Gasteiger partial charge in [0.2, 0.25) is 12.7 Å². The lowest BCUT2D eigenvalue weighted by molar-refractivity contribution is -0.123. The van der Waals surface area contributed by atoms with Crippen molar-refractivity contribution >= 4 is 5.91 Å². The Morgan fingerprint density at radius 3 is 2.76 bits per heavy atom. The molecule has 1 fully saturated rings. The minimum Gasteiger partial charge on any atom is -0.454 e. The molecule has 2 aromatic carbocycles. The second kappa shape index (κ2) is 6.67. The summed E-state index contributed by atoms with van der Waals surface area (Å²) >= 11 is 0. The second-order valence-electron chi connectivity index (χ2n) is 5.83. The summed E-state index contributed by atoms with van der Waals surface area (Å²) in [5.41, 5.74) is 10.3. The van der Waals surface area contributed by atoms with Crippen molar-refractivity contribution in [2.75, 3.05) is 6.79 Å². The third-order valence-electron chi connectivity index (χ3n) is 4.20. The zero-order valence-electron chi connectivity index (χ0n) is 13.2. The molecule has 7 nitrogen and oxygen atoms in total. The highest BCUT2D eigenvalue weighted by atomic mass is 19.1. The van der Waals surface area contributed by atoms with E-state index in [1.165, 1.54) is 12.1 Å². The van der Waals surface area contributed by atoms with Gasteiger partial charge in [-0.1, -0.05) is 18.2 Å². The van der Waals surface area contributed by atoms with Crippen LogP contribution in [0.25, 0.3) is 0 Å². The number of amides is 1. The van der Waals surface area contributed by atoms with Crippen molar-refractivity contribution in [3.8, 4) is 11.5 Å². The molecule has 25 heavy (non-hydrogen) atoms. The van der Waals surface area contributed by atoms with Crippen LogP contribution in [0.3, 0.4) is 0 Å². The average Bonchev–Trinajstić information content (AvgIpc) is 3.29. The maximum Gasteiger partial charge on any atom is 0.240 e. The molecule has 2 aliphatic heterocycles. The van der Waals surface area contributed by atoms with Crippen LogP contribution in [-0.2, 0) is 11.3 Å². The summed E-state index contributed by atoms with van der Waals surface area (Å²) in [6.45, 7) is 0.581. The van der Waals surface area contributed by atoms with Gasteiger partial charge in [-0.05, 0) is 35.4 Å². The first-order valence-electron chi connectivity index (χ1n) is 7.88. The lowest BCUT2D eigenvalue weighted by Crippen LogP contribution is -2.44. The molecule has 1 amide bonds. The maximum atomic E-state index is 13.1. The molecule has 0 aromatic heterocycles. The van der Waals surface area contributed by atoms with Gasteiger partial charge in [0.25, 0.3) is 0 Å². The van der Waals surface area contributed by atoms with E-state index in [1.807, 2.05) is 18.2 Å². The number of halogens is 1. The monoisotopic (exact) mass is 344 g/mol. The fourth-order valence-electron chi connectivity index (χ4n) is 2.88. The van der Waals surface area contributed by atoms with Gasteiger partial charge >= 0.3 is 0 Å². The van der Waals surface area contributed by atoms with E-state index < -0.39 is 6.04 Å². The minimum absolute atomic E-state index is 0.176. The molecule has 0 aliphatic carbocycles. The zero-order chi connectivity index (χ0) is 17.2. The van der Waals surface area contributed by atoms with E-state index in [0.717, 1.165) is 11.1 Å². The number of rotatable bonds is 4. The second-order valence-corrected chi connectivity index (χ2v) is 5.83. The van der Waals surface area contributed by atoms with E-state index in [1.54, 1.807) is 12.1 Å². The number of hydrogen-bond acceptors (Lipinski definition) is 6. The molecule has 4 N–H and O–H groups in total. The molecule has 2 aromatic rings. The highest BCUT2D eigenvalue weighted by Gasteiger charge is 2.33. The molecular weight excluding hydrogens is 327 g/mol. The van der Waals surface area contributed by atoms with Crippen LogP contribution < -0.4 is 31.2 Å². The first-order valence-corrected chi connectivity index (χ1v) is 7.88. The van der Waals surface area contributed by atoms with Crippen molar-refractivity contribution in [1.29, 1.82) is 0 Å². The lowest BCUT2D eigenvalue weighted by atomic mass is 10.00. The molecule has 2 unspecified atom stereocenters. The number of fused-ring (bicyclic) bond motifs is 1. The Hall–Kier alpha value is -2.68. The van der Waals surface area contributed by atoms with E-state index in [0.29, 0.717) is 18.0 Å². The standard InChI is InChI=1S/C17H17FN4O3/c18-12-4-2-11(3-5-12)15-16(21-22-20-15)17(23)19-8-10-1-6-13-14(7-10)25-9-24-13/h1-7,15-16,20-22H,8-9H2,(H,19,23). The quantitative estimate of drug-likeness (QED) is 0.660. The Bertz CT molecular complexity index is 784. The number of ether oxygens (including phenoxy) is 2. The third-order valence-corrected chi connectivity index (χ3v) is 4.20. The number of carbonyl (C=O) groups is 1. The van der Waals surface area contributed by atoms with Gasteiger partial charge in [-0.25, -0.2) is 15.2 Å². The van der Waals surface area contributed by atoms with Gasteiger partial charge in [0.1, 0.15) is 11.9 Å². The summed E-state index contributed by atoms with van der Waals surface area (Å²) in [4.78, 5) is 12.5. The molecule has 2 heterocycles. The van der Waals surface area contributed by atoms with Crippen LogP contribution in [0.5, 0.6) is 11.5 Å². The molecule has 0 saturated carbocycles. The Labute approximate surface area is 143 Å². The average molecular weight is 344 g/mol. The molecule has 2 atom stereocenters. The Kier molecular flexibility index (Phi) is 4.22. The van der Waals surface area contributed by atoms with E-state index in [-0.39, 0.29) is 24.6 Å². The minimum atomic E-state index is -0.528. The van der Waals surface area contributed by atoms with Crippen molar-refractivity contribution in [3.05, 3.63) is 59.4 Å². The van der Waals surface area contributed by atoms with Crippen molar-refractivity contribution in [2.24, 2.45) is 0 Å². The van der Waals surface area contributed by atoms with Crippen LogP contribution in [0.4, 0.5) is 4.39 Å². The number of hydrogen-bond donors (Lipinski definition) is 4. The van der Waals surface area contributed by atoms with Crippen LogP contribution in [-0.4, -0.2) is 18.7 Å². The topological polar surface area (TPSA) is 83.7 Å². The summed E-state index contributed by atoms with van der Waals surface area (Å²) in [6, 6.07) is 10.8. The van der Waals surface area contributed by atoms with Gasteiger partial charge in [-0.2, -0.15) is 5.53 Å². The predicted octanol–water partition coefficient (Wildman–Crippen LogP) is 0.893. The highest BCUT2D eigenvalue weighted by molar-refractivity contribution is 5.83. The smallest absolute Gasteiger partial charge is 0.240 e. The molecule has 4 rings (SSSR count). The Balaban J connectivity index is 1.41. The molecule has 1 saturated heterocycles. The summed E-state index contributed by atoms with van der Waals surface area (Å²) < 4.78 is 23.7. The van der Waals surface area contributed by atoms with Gasteiger partial charge in [-0.15, -0.1) is 0 Å². The number of benzene rings is 2. The van der Waals surface area contributed by atoms with Crippen LogP contribution in [0.15, 0.2) is 42.5 Å². The number of carbonyl (C=O) groups excluding carboxylic acids is 1. The summed E-state index contributed by atoms with van der Waals surface area (Å²) in [7, 11) is 0. The summed E-state index contributed by atoms with van der Waals surface area (Å²) in [5, 5.41) is 2.89. The zero-order valence-corrected chi connectivity index (χ0v) is 13.2. The lowest BCUT2D eigenvalue weighted by Gasteiger charge is -2.18. The van der Waals surface area contributed by atoms with Crippen LogP contribution in [0, 0.1) is 5.82 Å². The van der Waals surface area contributed by atoms with Crippen LogP contribution in [0.1, 0.15) is 17.2 Å². The van der Waals surface area contributed by atoms with Gasteiger partial charge < -0.3 is 14.8 Å². The van der Waals surface area contributed by atoms with Crippen LogP contribution >= 0.6 is 0 Å². The van der Waals surface area contributed by atoms with Crippen molar-refractivity contribution in [2.45, 2.75) is 18.6 Å². The third kappa shape index (κ3) is 3.27. The van der Waals surface area contributed by atoms with E-state index >= 15 is 0 Å². The van der Waals surface area contributed by atoms with Gasteiger partial charge in [0.15, 0.2) is 11.5 Å². The molecule has 8 heteroatoms. The SMILES string of the molecule is O=C(NCc1ccc2c(c1)OCO2)C1NNNC1c1ccc(F)cc1. The van der Waals surface area contributed by atoms with Crippen molar-refractivity contribution in [3.63, 3.8) is 0 Å². The van der Waals surface area contributed by atoms with Gasteiger partial charge in [0, 0.05) is 6.54 Å². The largest absolute Gasteiger partial charge is 0.454 e. The summed E-state index contributed by atoms with van der Waals surface area (Å²) in [5.74, 6) is 0.895. The molecule has 0 spiro atoms. The van der Waals surface area contributed by atoms with E-state index in [9.17, 15) is 9.18 Å². The molecule has 130 valence electrons. The number of nitrogens with one attached hydrogen (secondary N) is 4. The Morgan fingerprint density at radius 1 is 1.12 bits per heavy atom. The van der Waals surface area contributed by atoms with Crippen molar-refractivity contribution in [1.82, 2.24) is 21.7 Å². The Morgan fingerprint density at radius 2 is 1.92 bits per heavy atom. The molecular formula is C17H17FN4O3. The number of hydrazine groups is 2. The molecule has 0 bridgehead atoms. The fraction of sp³-hybridized carbons (Fsp3) is 0.235. The molecule has 0 radical (unpaired) electrons. The predicted molar refractivity (Wildman–Crippen MR) is 86.7 cm³/mol. The van der Waals surface area contributed by atoms with Crippen LogP contribution in [0.2, 0.25) is 0 Å². The van der Waals surface area contributed by atoms with Gasteiger partial charge in [-0.3, -0.25) is 4.79 Å². The molecule has 2 aliphatic rings. The first-order chi connectivity index (χ1) is 12.2. The fourth-order valence-corrected chi connectivity index (χ4v) is 2.88. The van der Waals surface area contributed by atoms with E-state index in [2.05, 4.69) is 21.7 Å². The van der Waals surface area contributed by atoms with Gasteiger partial charge in [0.05, 0.1) is 6.04 Å². The highest BCUT2D eigenvalue weighted by Crippen LogP contribution is 2.32. The summed E-state index contributed by atoms with van der Waals surface area (Å²) in [6.07, 6.45) is 0. The first kappa shape index (κ1) is 15.8. The van der Waals surface area contributed by atoms with Crippen molar-refractivity contribution < 1.29 is 18.7 Å². The normalized spacial score (nSPS) is 21.3.